The number of ketones is 1. The molecule has 3 heteroatoms. The second kappa shape index (κ2) is 7.37. The monoisotopic (exact) mass is 278 g/mol. The highest BCUT2D eigenvalue weighted by atomic mass is 16.1. The summed E-state index contributed by atoms with van der Waals surface area (Å²) in [6.07, 6.45) is 0.462. The summed E-state index contributed by atoms with van der Waals surface area (Å²) in [5.74, 6) is 0.195. The van der Waals surface area contributed by atoms with Crippen molar-refractivity contribution < 1.29 is 4.79 Å². The molecule has 0 heterocycles. The van der Waals surface area contributed by atoms with E-state index in [1.54, 1.807) is 6.07 Å². The van der Waals surface area contributed by atoms with E-state index in [1.807, 2.05) is 60.5 Å². The van der Waals surface area contributed by atoms with Crippen LogP contribution in [0.4, 0.5) is 0 Å². The molecule has 0 bridgehead atoms. The van der Waals surface area contributed by atoms with Crippen LogP contribution in [0.25, 0.3) is 0 Å². The standard InChI is InChI=1S/C18H18N2O/c1-20(13-17-9-5-8-16(10-17)12-19)14-18(21)11-15-6-3-2-4-7-15/h2-10H,11,13-14H2,1H3. The number of nitrogens with zero attached hydrogens (tertiary/aromatic N) is 2. The molecular formula is C18H18N2O. The first-order chi connectivity index (χ1) is 10.2. The number of hydrogen-bond donors (Lipinski definition) is 0. The summed E-state index contributed by atoms with van der Waals surface area (Å²) in [5.41, 5.74) is 2.74. The summed E-state index contributed by atoms with van der Waals surface area (Å²) >= 11 is 0. The molecular weight excluding hydrogens is 260 g/mol. The zero-order valence-electron chi connectivity index (χ0n) is 12.1. The minimum Gasteiger partial charge on any atom is -0.298 e. The molecule has 2 rings (SSSR count). The first-order valence-corrected chi connectivity index (χ1v) is 6.90. The Morgan fingerprint density at radius 1 is 1.10 bits per heavy atom. The molecule has 2 aromatic carbocycles. The van der Waals surface area contributed by atoms with Crippen LogP contribution in [0.3, 0.4) is 0 Å². The van der Waals surface area contributed by atoms with Gasteiger partial charge >= 0.3 is 0 Å². The molecule has 0 unspecified atom stereocenters. The number of benzene rings is 2. The molecule has 21 heavy (non-hydrogen) atoms. The van der Waals surface area contributed by atoms with Gasteiger partial charge in [-0.25, -0.2) is 0 Å². The Hall–Kier alpha value is -2.44. The van der Waals surface area contributed by atoms with Crippen molar-refractivity contribution in [2.45, 2.75) is 13.0 Å². The number of rotatable bonds is 6. The van der Waals surface area contributed by atoms with E-state index in [0.29, 0.717) is 25.1 Å². The lowest BCUT2D eigenvalue weighted by molar-refractivity contribution is -0.119. The molecule has 0 fully saturated rings. The van der Waals surface area contributed by atoms with Crippen LogP contribution in [0.2, 0.25) is 0 Å². The van der Waals surface area contributed by atoms with Crippen molar-refractivity contribution in [1.82, 2.24) is 4.90 Å². The first-order valence-electron chi connectivity index (χ1n) is 6.90. The molecule has 0 N–H and O–H groups in total. The quantitative estimate of drug-likeness (QED) is 0.816. The van der Waals surface area contributed by atoms with Crippen LogP contribution in [0, 0.1) is 11.3 Å². The molecule has 0 aliphatic rings. The lowest BCUT2D eigenvalue weighted by atomic mass is 10.1. The van der Waals surface area contributed by atoms with Gasteiger partial charge < -0.3 is 0 Å². The van der Waals surface area contributed by atoms with E-state index in [0.717, 1.165) is 11.1 Å². The predicted molar refractivity (Wildman–Crippen MR) is 82.6 cm³/mol. The molecule has 106 valence electrons. The van der Waals surface area contributed by atoms with Crippen LogP contribution in [-0.2, 0) is 17.8 Å². The molecule has 0 aromatic heterocycles. The van der Waals surface area contributed by atoms with Crippen molar-refractivity contribution in [1.29, 1.82) is 5.26 Å². The maximum atomic E-state index is 12.0. The van der Waals surface area contributed by atoms with E-state index in [4.69, 9.17) is 5.26 Å². The van der Waals surface area contributed by atoms with Crippen molar-refractivity contribution in [3.05, 3.63) is 71.3 Å². The molecule has 0 amide bonds. The van der Waals surface area contributed by atoms with E-state index >= 15 is 0 Å². The average Bonchev–Trinajstić information content (AvgIpc) is 2.48. The smallest absolute Gasteiger partial charge is 0.151 e. The predicted octanol–water partition coefficient (Wildman–Crippen LogP) is 2.80. The van der Waals surface area contributed by atoms with Crippen molar-refractivity contribution in [2.24, 2.45) is 0 Å². The fourth-order valence-corrected chi connectivity index (χ4v) is 2.29. The highest BCUT2D eigenvalue weighted by Gasteiger charge is 2.08. The van der Waals surface area contributed by atoms with Crippen molar-refractivity contribution in [2.75, 3.05) is 13.6 Å². The number of Topliss-reactive ketones (excluding diaryl/α,β-unsaturated/α-hetero) is 1. The van der Waals surface area contributed by atoms with Gasteiger partial charge in [-0.2, -0.15) is 5.26 Å². The van der Waals surface area contributed by atoms with Crippen LogP contribution in [-0.4, -0.2) is 24.3 Å². The Bertz CT molecular complexity index is 644. The van der Waals surface area contributed by atoms with Gasteiger partial charge in [-0.15, -0.1) is 0 Å². The molecule has 0 atom stereocenters. The number of carbonyl (C=O) groups excluding carboxylic acids is 1. The SMILES string of the molecule is CN(CC(=O)Cc1ccccc1)Cc1cccc(C#N)c1. The summed E-state index contributed by atoms with van der Waals surface area (Å²) < 4.78 is 0. The van der Waals surface area contributed by atoms with E-state index < -0.39 is 0 Å². The third-order valence-corrected chi connectivity index (χ3v) is 3.20. The topological polar surface area (TPSA) is 44.1 Å². The minimum atomic E-state index is 0.195. The normalized spacial score (nSPS) is 10.3. The van der Waals surface area contributed by atoms with Gasteiger partial charge in [0, 0.05) is 13.0 Å². The fraction of sp³-hybridized carbons (Fsp3) is 0.222. The van der Waals surface area contributed by atoms with Crippen LogP contribution in [0.15, 0.2) is 54.6 Å². The third kappa shape index (κ3) is 4.87. The van der Waals surface area contributed by atoms with Gasteiger partial charge in [0.05, 0.1) is 18.2 Å². The van der Waals surface area contributed by atoms with Gasteiger partial charge in [0.1, 0.15) is 0 Å². The average molecular weight is 278 g/mol. The molecule has 0 saturated heterocycles. The lowest BCUT2D eigenvalue weighted by Crippen LogP contribution is -2.26. The van der Waals surface area contributed by atoms with Crippen LogP contribution >= 0.6 is 0 Å². The van der Waals surface area contributed by atoms with Crippen LogP contribution in [0.1, 0.15) is 16.7 Å². The zero-order chi connectivity index (χ0) is 15.1. The van der Waals surface area contributed by atoms with Gasteiger partial charge in [0.15, 0.2) is 5.78 Å². The van der Waals surface area contributed by atoms with Crippen molar-refractivity contribution in [3.8, 4) is 6.07 Å². The minimum absolute atomic E-state index is 0.195. The third-order valence-electron chi connectivity index (χ3n) is 3.20. The number of carbonyl (C=O) groups is 1. The van der Waals surface area contributed by atoms with Gasteiger partial charge in [-0.3, -0.25) is 9.69 Å². The largest absolute Gasteiger partial charge is 0.298 e. The molecule has 0 aliphatic carbocycles. The van der Waals surface area contributed by atoms with E-state index in [1.165, 1.54) is 0 Å². The Morgan fingerprint density at radius 2 is 1.81 bits per heavy atom. The number of hydrogen-bond acceptors (Lipinski definition) is 3. The van der Waals surface area contributed by atoms with Crippen molar-refractivity contribution >= 4 is 5.78 Å². The summed E-state index contributed by atoms with van der Waals surface area (Å²) in [6.45, 7) is 1.07. The second-order valence-electron chi connectivity index (χ2n) is 5.19. The lowest BCUT2D eigenvalue weighted by Gasteiger charge is -2.16. The number of likely N-dealkylation sites (N-methyl/N-ethyl adjacent to an activating group) is 1. The first kappa shape index (κ1) is 15.0. The Morgan fingerprint density at radius 3 is 2.52 bits per heavy atom. The van der Waals surface area contributed by atoms with Gasteiger partial charge in [0.2, 0.25) is 0 Å². The highest BCUT2D eigenvalue weighted by Crippen LogP contribution is 2.07. The highest BCUT2D eigenvalue weighted by molar-refractivity contribution is 5.82. The van der Waals surface area contributed by atoms with Gasteiger partial charge in [0.25, 0.3) is 0 Å². The molecule has 0 radical (unpaired) electrons. The Balaban J connectivity index is 1.88. The molecule has 0 saturated carbocycles. The maximum absolute atomic E-state index is 12.0. The fourth-order valence-electron chi connectivity index (χ4n) is 2.29. The summed E-state index contributed by atoms with van der Waals surface area (Å²) in [5, 5.41) is 8.89. The second-order valence-corrected chi connectivity index (χ2v) is 5.19. The van der Waals surface area contributed by atoms with Crippen molar-refractivity contribution in [3.63, 3.8) is 0 Å². The molecule has 0 aliphatic heterocycles. The van der Waals surface area contributed by atoms with E-state index in [9.17, 15) is 4.79 Å². The van der Waals surface area contributed by atoms with E-state index in [2.05, 4.69) is 6.07 Å². The summed E-state index contributed by atoms with van der Waals surface area (Å²) in [4.78, 5) is 14.0. The maximum Gasteiger partial charge on any atom is 0.151 e. The van der Waals surface area contributed by atoms with Crippen LogP contribution in [0.5, 0.6) is 0 Å². The van der Waals surface area contributed by atoms with Gasteiger partial charge in [-0.05, 0) is 30.3 Å². The van der Waals surface area contributed by atoms with E-state index in [-0.39, 0.29) is 5.78 Å². The summed E-state index contributed by atoms with van der Waals surface area (Å²) in [6, 6.07) is 19.4. The summed E-state index contributed by atoms with van der Waals surface area (Å²) in [7, 11) is 1.92. The molecule has 3 nitrogen and oxygen atoms in total. The molecule has 2 aromatic rings. The van der Waals surface area contributed by atoms with Gasteiger partial charge in [-0.1, -0.05) is 42.5 Å². The van der Waals surface area contributed by atoms with Crippen LogP contribution < -0.4 is 0 Å². The Labute approximate surface area is 125 Å². The Kier molecular flexibility index (Phi) is 5.25. The molecule has 0 spiro atoms. The zero-order valence-corrected chi connectivity index (χ0v) is 12.1. The number of nitriles is 1.